The van der Waals surface area contributed by atoms with E-state index in [1.165, 1.54) is 0 Å². The Morgan fingerprint density at radius 3 is 2.63 bits per heavy atom. The van der Waals surface area contributed by atoms with Crippen molar-refractivity contribution < 1.29 is 19.5 Å². The summed E-state index contributed by atoms with van der Waals surface area (Å²) in [6, 6.07) is 6.44. The van der Waals surface area contributed by atoms with Gasteiger partial charge in [0.2, 0.25) is 0 Å². The summed E-state index contributed by atoms with van der Waals surface area (Å²) < 4.78 is 5.24. The van der Waals surface area contributed by atoms with Gasteiger partial charge in [-0.3, -0.25) is 9.69 Å². The van der Waals surface area contributed by atoms with Crippen molar-refractivity contribution in [3.8, 4) is 23.7 Å². The molecule has 3 rings (SSSR count). The Morgan fingerprint density at radius 2 is 2.03 bits per heavy atom. The largest absolute Gasteiger partial charge is 0.378 e. The molecular weight excluding hydrogens is 382 g/mol. The second-order valence-electron chi connectivity index (χ2n) is 8.19. The van der Waals surface area contributed by atoms with Gasteiger partial charge < -0.3 is 20.1 Å². The predicted molar refractivity (Wildman–Crippen MR) is 112 cm³/mol. The highest BCUT2D eigenvalue weighted by Gasteiger charge is 2.32. The molecule has 7 nitrogen and oxygen atoms in total. The van der Waals surface area contributed by atoms with Crippen LogP contribution in [0.4, 0.5) is 0 Å². The number of hydrogen-bond acceptors (Lipinski definition) is 6. The molecule has 2 atom stereocenters. The van der Waals surface area contributed by atoms with E-state index in [1.54, 1.807) is 38.1 Å². The van der Waals surface area contributed by atoms with Gasteiger partial charge in [0.05, 0.1) is 24.8 Å². The van der Waals surface area contributed by atoms with Gasteiger partial charge in [-0.05, 0) is 62.9 Å². The molecule has 1 aromatic carbocycles. The molecule has 1 aromatic rings. The average Bonchev–Trinajstić information content (AvgIpc) is 3.16. The molecule has 0 aromatic heterocycles. The van der Waals surface area contributed by atoms with E-state index in [0.29, 0.717) is 23.8 Å². The van der Waals surface area contributed by atoms with Crippen LogP contribution in [0.3, 0.4) is 0 Å². The molecule has 0 bridgehead atoms. The molecular formula is C23H27N3O4. The Kier molecular flexibility index (Phi) is 7.25. The molecule has 0 saturated carbocycles. The SMILES string of the molecule is CC(C)(NO)[C@@H](C=O)NC(=O)c1ccc(C#CC#CC2CCN(C3COC3)C2)cc1. The zero-order chi connectivity index (χ0) is 21.6. The summed E-state index contributed by atoms with van der Waals surface area (Å²) in [4.78, 5) is 26.0. The van der Waals surface area contributed by atoms with Crippen molar-refractivity contribution in [3.05, 3.63) is 35.4 Å². The number of benzene rings is 1. The van der Waals surface area contributed by atoms with Crippen molar-refractivity contribution in [2.75, 3.05) is 26.3 Å². The quantitative estimate of drug-likeness (QED) is 0.366. The van der Waals surface area contributed by atoms with Crippen LogP contribution in [0.15, 0.2) is 24.3 Å². The van der Waals surface area contributed by atoms with Crippen LogP contribution in [0.1, 0.15) is 36.2 Å². The molecule has 7 heteroatoms. The van der Waals surface area contributed by atoms with Gasteiger partial charge in [-0.25, -0.2) is 0 Å². The van der Waals surface area contributed by atoms with Gasteiger partial charge in [0, 0.05) is 23.6 Å². The van der Waals surface area contributed by atoms with E-state index < -0.39 is 17.5 Å². The number of ether oxygens (including phenoxy) is 1. The Morgan fingerprint density at radius 1 is 1.30 bits per heavy atom. The number of carbonyl (C=O) groups excluding carboxylic acids is 2. The summed E-state index contributed by atoms with van der Waals surface area (Å²) in [7, 11) is 0. The zero-order valence-corrected chi connectivity index (χ0v) is 17.3. The minimum atomic E-state index is -0.983. The van der Waals surface area contributed by atoms with Crippen LogP contribution in [0, 0.1) is 29.6 Å². The van der Waals surface area contributed by atoms with E-state index in [9.17, 15) is 9.59 Å². The number of carbonyl (C=O) groups is 2. The highest BCUT2D eigenvalue weighted by Crippen LogP contribution is 2.21. The summed E-state index contributed by atoms with van der Waals surface area (Å²) in [6.45, 7) is 6.94. The van der Waals surface area contributed by atoms with Crippen LogP contribution < -0.4 is 10.8 Å². The van der Waals surface area contributed by atoms with Crippen molar-refractivity contribution >= 4 is 12.2 Å². The molecule has 1 unspecified atom stereocenters. The van der Waals surface area contributed by atoms with E-state index in [2.05, 4.69) is 33.9 Å². The van der Waals surface area contributed by atoms with Crippen molar-refractivity contribution in [2.24, 2.45) is 5.92 Å². The first kappa shape index (κ1) is 22.0. The Bertz CT molecular complexity index is 885. The molecule has 30 heavy (non-hydrogen) atoms. The highest BCUT2D eigenvalue weighted by atomic mass is 16.5. The molecule has 0 radical (unpaired) electrons. The number of likely N-dealkylation sites (tertiary alicyclic amines) is 1. The van der Waals surface area contributed by atoms with Crippen molar-refractivity contribution in [1.29, 1.82) is 0 Å². The lowest BCUT2D eigenvalue weighted by atomic mass is 9.96. The minimum absolute atomic E-state index is 0.356. The van der Waals surface area contributed by atoms with E-state index >= 15 is 0 Å². The first-order chi connectivity index (χ1) is 14.4. The van der Waals surface area contributed by atoms with Gasteiger partial charge in [0.15, 0.2) is 0 Å². The Hall–Kier alpha value is -2.68. The molecule has 0 aliphatic carbocycles. The van der Waals surface area contributed by atoms with E-state index in [-0.39, 0.29) is 0 Å². The van der Waals surface area contributed by atoms with E-state index in [0.717, 1.165) is 38.3 Å². The summed E-state index contributed by atoms with van der Waals surface area (Å²) in [5, 5.41) is 11.7. The fourth-order valence-corrected chi connectivity index (χ4v) is 3.30. The van der Waals surface area contributed by atoms with Crippen LogP contribution in [0.5, 0.6) is 0 Å². The van der Waals surface area contributed by atoms with Crippen LogP contribution in [-0.2, 0) is 9.53 Å². The number of amides is 1. The lowest BCUT2D eigenvalue weighted by Crippen LogP contribution is -2.57. The average molecular weight is 409 g/mol. The Balaban J connectivity index is 1.53. The summed E-state index contributed by atoms with van der Waals surface area (Å²) >= 11 is 0. The summed E-state index contributed by atoms with van der Waals surface area (Å²) in [6.07, 6.45) is 1.66. The van der Waals surface area contributed by atoms with Gasteiger partial charge >= 0.3 is 0 Å². The molecule has 2 saturated heterocycles. The highest BCUT2D eigenvalue weighted by molar-refractivity contribution is 5.96. The summed E-state index contributed by atoms with van der Waals surface area (Å²) in [5.41, 5.74) is 2.21. The maximum atomic E-state index is 12.3. The molecule has 2 aliphatic rings. The third-order valence-electron chi connectivity index (χ3n) is 5.54. The van der Waals surface area contributed by atoms with Crippen LogP contribution >= 0.6 is 0 Å². The molecule has 1 amide bonds. The topological polar surface area (TPSA) is 90.9 Å². The fraction of sp³-hybridized carbons (Fsp3) is 0.478. The second-order valence-corrected chi connectivity index (χ2v) is 8.19. The number of rotatable bonds is 6. The second kappa shape index (κ2) is 9.88. The molecule has 2 aliphatic heterocycles. The van der Waals surface area contributed by atoms with E-state index in [1.807, 2.05) is 5.48 Å². The predicted octanol–water partition coefficient (Wildman–Crippen LogP) is 0.817. The number of nitrogens with zero attached hydrogens (tertiary/aromatic N) is 1. The molecule has 2 heterocycles. The smallest absolute Gasteiger partial charge is 0.251 e. The maximum Gasteiger partial charge on any atom is 0.251 e. The lowest BCUT2D eigenvalue weighted by Gasteiger charge is -2.34. The Labute approximate surface area is 177 Å². The standard InChI is InChI=1S/C23H27N3O4/c1-23(2,25-29)21(14-27)24-22(28)19-9-7-17(8-10-19)5-3-4-6-18-11-12-26(13-18)20-15-30-16-20/h7-10,14,18,20-21,25,29H,11-13,15-16H2,1-2H3,(H,24,28)/t18?,21-/m1/s1. The monoisotopic (exact) mass is 409 g/mol. The number of nitrogens with one attached hydrogen (secondary N) is 2. The van der Waals surface area contributed by atoms with Crippen molar-refractivity contribution in [2.45, 2.75) is 37.9 Å². The molecule has 158 valence electrons. The number of aldehydes is 1. The van der Waals surface area contributed by atoms with E-state index in [4.69, 9.17) is 9.94 Å². The number of hydrogen-bond donors (Lipinski definition) is 3. The van der Waals surface area contributed by atoms with Gasteiger partial charge in [-0.15, -0.1) is 0 Å². The normalized spacial score (nSPS) is 20.2. The first-order valence-corrected chi connectivity index (χ1v) is 10.0. The van der Waals surface area contributed by atoms with Gasteiger partial charge in [0.25, 0.3) is 5.91 Å². The lowest BCUT2D eigenvalue weighted by molar-refractivity contribution is -0.112. The van der Waals surface area contributed by atoms with Crippen LogP contribution in [0.25, 0.3) is 0 Å². The fourth-order valence-electron chi connectivity index (χ4n) is 3.30. The van der Waals surface area contributed by atoms with Crippen LogP contribution in [-0.4, -0.2) is 66.2 Å². The minimum Gasteiger partial charge on any atom is -0.378 e. The third-order valence-corrected chi connectivity index (χ3v) is 5.54. The third kappa shape index (κ3) is 5.47. The van der Waals surface area contributed by atoms with Gasteiger partial charge in [0.1, 0.15) is 12.3 Å². The molecule has 2 fully saturated rings. The zero-order valence-electron chi connectivity index (χ0n) is 17.3. The van der Waals surface area contributed by atoms with Gasteiger partial charge in [-0.2, -0.15) is 5.48 Å². The molecule has 3 N–H and O–H groups in total. The number of hydroxylamine groups is 1. The first-order valence-electron chi connectivity index (χ1n) is 10.0. The summed E-state index contributed by atoms with van der Waals surface area (Å²) in [5.74, 6) is 12.0. The van der Waals surface area contributed by atoms with Crippen molar-refractivity contribution in [1.82, 2.24) is 15.7 Å². The maximum absolute atomic E-state index is 12.3. The molecule has 0 spiro atoms. The van der Waals surface area contributed by atoms with Crippen molar-refractivity contribution in [3.63, 3.8) is 0 Å². The van der Waals surface area contributed by atoms with Crippen LogP contribution in [0.2, 0.25) is 0 Å². The van der Waals surface area contributed by atoms with Gasteiger partial charge in [-0.1, -0.05) is 11.8 Å².